The molecule has 0 aromatic carbocycles. The summed E-state index contributed by atoms with van der Waals surface area (Å²) in [6, 6.07) is 1.92. The van der Waals surface area contributed by atoms with E-state index in [4.69, 9.17) is 11.5 Å². The van der Waals surface area contributed by atoms with E-state index in [0.29, 0.717) is 30.2 Å². The molecule has 0 radical (unpaired) electrons. The fourth-order valence-electron chi connectivity index (χ4n) is 2.91. The minimum atomic E-state index is -0.141. The lowest BCUT2D eigenvalue weighted by Crippen LogP contribution is -2.26. The van der Waals surface area contributed by atoms with Crippen molar-refractivity contribution in [3.8, 4) is 0 Å². The Morgan fingerprint density at radius 1 is 1.44 bits per heavy atom. The molecule has 6 nitrogen and oxygen atoms in total. The highest BCUT2D eigenvalue weighted by Crippen LogP contribution is 2.30. The van der Waals surface area contributed by atoms with Crippen LogP contribution in [0.1, 0.15) is 23.6 Å². The SMILES string of the molecule is C=C/C=C(C(=C)O)/C(N)=C/c1cc(C2CCN(C(=O)C=C)C2)[nH]c1N. The summed E-state index contributed by atoms with van der Waals surface area (Å²) in [5.74, 6) is 0.461. The third kappa shape index (κ3) is 4.03. The van der Waals surface area contributed by atoms with Crippen molar-refractivity contribution in [2.75, 3.05) is 18.8 Å². The van der Waals surface area contributed by atoms with Gasteiger partial charge in [-0.15, -0.1) is 0 Å². The lowest BCUT2D eigenvalue weighted by molar-refractivity contribution is -0.125. The van der Waals surface area contributed by atoms with Gasteiger partial charge in [-0.25, -0.2) is 0 Å². The number of likely N-dealkylation sites (tertiary alicyclic amines) is 1. The largest absolute Gasteiger partial charge is 0.508 e. The van der Waals surface area contributed by atoms with E-state index in [1.807, 2.05) is 6.07 Å². The summed E-state index contributed by atoms with van der Waals surface area (Å²) in [5, 5.41) is 9.63. The number of nitrogens with one attached hydrogen (secondary N) is 1. The minimum Gasteiger partial charge on any atom is -0.508 e. The van der Waals surface area contributed by atoms with Crippen LogP contribution in [0.4, 0.5) is 5.82 Å². The first kappa shape index (κ1) is 18.2. The summed E-state index contributed by atoms with van der Waals surface area (Å²) >= 11 is 0. The van der Waals surface area contributed by atoms with Crippen molar-refractivity contribution < 1.29 is 9.90 Å². The van der Waals surface area contributed by atoms with Gasteiger partial charge in [-0.05, 0) is 30.7 Å². The number of hydrogen-bond acceptors (Lipinski definition) is 4. The van der Waals surface area contributed by atoms with E-state index in [0.717, 1.165) is 17.7 Å². The van der Waals surface area contributed by atoms with Crippen LogP contribution >= 0.6 is 0 Å². The first-order valence-electron chi connectivity index (χ1n) is 7.95. The predicted molar refractivity (Wildman–Crippen MR) is 102 cm³/mol. The molecule has 132 valence electrons. The van der Waals surface area contributed by atoms with Crippen LogP contribution in [0.5, 0.6) is 0 Å². The number of anilines is 1. The van der Waals surface area contributed by atoms with E-state index in [9.17, 15) is 9.90 Å². The average molecular weight is 340 g/mol. The third-order valence-corrected chi connectivity index (χ3v) is 4.23. The van der Waals surface area contributed by atoms with E-state index in [1.54, 1.807) is 17.1 Å². The average Bonchev–Trinajstić information content (AvgIpc) is 3.19. The maximum absolute atomic E-state index is 11.7. The van der Waals surface area contributed by atoms with Gasteiger partial charge in [0.25, 0.3) is 0 Å². The Balaban J connectivity index is 2.23. The summed E-state index contributed by atoms with van der Waals surface area (Å²) in [7, 11) is 0. The highest BCUT2D eigenvalue weighted by Gasteiger charge is 2.27. The van der Waals surface area contributed by atoms with Crippen LogP contribution in [0.15, 0.2) is 61.1 Å². The van der Waals surface area contributed by atoms with Crippen molar-refractivity contribution in [3.05, 3.63) is 72.3 Å². The smallest absolute Gasteiger partial charge is 0.245 e. The molecule has 1 saturated heterocycles. The van der Waals surface area contributed by atoms with Crippen molar-refractivity contribution in [1.82, 2.24) is 9.88 Å². The van der Waals surface area contributed by atoms with Crippen molar-refractivity contribution >= 4 is 17.8 Å². The molecule has 0 spiro atoms. The Morgan fingerprint density at radius 2 is 2.16 bits per heavy atom. The fourth-order valence-corrected chi connectivity index (χ4v) is 2.91. The second-order valence-corrected chi connectivity index (χ2v) is 5.93. The van der Waals surface area contributed by atoms with Gasteiger partial charge < -0.3 is 26.5 Å². The zero-order valence-corrected chi connectivity index (χ0v) is 14.2. The number of aliphatic hydroxyl groups excluding tert-OH is 1. The summed E-state index contributed by atoms with van der Waals surface area (Å²) in [4.78, 5) is 16.6. The van der Waals surface area contributed by atoms with Crippen LogP contribution in [-0.2, 0) is 4.79 Å². The number of nitrogens with two attached hydrogens (primary N) is 2. The molecule has 6 N–H and O–H groups in total. The molecule has 1 amide bonds. The highest BCUT2D eigenvalue weighted by molar-refractivity contribution is 5.87. The van der Waals surface area contributed by atoms with E-state index in [2.05, 4.69) is 24.7 Å². The summed E-state index contributed by atoms with van der Waals surface area (Å²) < 4.78 is 0. The quantitative estimate of drug-likeness (QED) is 0.362. The Labute approximate surface area is 147 Å². The number of allylic oxidation sites excluding steroid dienone is 2. The predicted octanol–water partition coefficient (Wildman–Crippen LogP) is 2.58. The maximum Gasteiger partial charge on any atom is 0.245 e. The Morgan fingerprint density at radius 3 is 2.76 bits per heavy atom. The van der Waals surface area contributed by atoms with Gasteiger partial charge in [0.2, 0.25) is 5.91 Å². The second kappa shape index (κ2) is 7.61. The number of nitrogen functional groups attached to an aromatic ring is 1. The molecule has 0 saturated carbocycles. The molecular formula is C19H24N4O2. The van der Waals surface area contributed by atoms with Crippen LogP contribution in [-0.4, -0.2) is 34.0 Å². The third-order valence-electron chi connectivity index (χ3n) is 4.23. The molecule has 2 heterocycles. The first-order valence-corrected chi connectivity index (χ1v) is 7.95. The molecule has 2 rings (SSSR count). The van der Waals surface area contributed by atoms with E-state index in [1.165, 1.54) is 12.2 Å². The number of aromatic nitrogens is 1. The molecule has 1 unspecified atom stereocenters. The topological polar surface area (TPSA) is 108 Å². The number of carbonyl (C=O) groups excluding carboxylic acids is 1. The van der Waals surface area contributed by atoms with Crippen LogP contribution in [0.3, 0.4) is 0 Å². The number of rotatable bonds is 6. The number of aliphatic hydroxyl groups is 1. The van der Waals surface area contributed by atoms with Crippen molar-refractivity contribution in [2.24, 2.45) is 5.73 Å². The number of hydrogen-bond donors (Lipinski definition) is 4. The van der Waals surface area contributed by atoms with Gasteiger partial charge in [-0.2, -0.15) is 0 Å². The van der Waals surface area contributed by atoms with Crippen LogP contribution < -0.4 is 11.5 Å². The summed E-state index contributed by atoms with van der Waals surface area (Å²) in [6.45, 7) is 11.9. The van der Waals surface area contributed by atoms with Crippen LogP contribution in [0.25, 0.3) is 6.08 Å². The van der Waals surface area contributed by atoms with E-state index >= 15 is 0 Å². The fraction of sp³-hybridized carbons (Fsp3) is 0.211. The van der Waals surface area contributed by atoms with Gasteiger partial charge in [-0.3, -0.25) is 4.79 Å². The molecule has 25 heavy (non-hydrogen) atoms. The normalized spacial score (nSPS) is 18.2. The van der Waals surface area contributed by atoms with Crippen molar-refractivity contribution in [2.45, 2.75) is 12.3 Å². The van der Waals surface area contributed by atoms with Crippen LogP contribution in [0.2, 0.25) is 0 Å². The molecule has 0 bridgehead atoms. The van der Waals surface area contributed by atoms with Gasteiger partial charge in [0.05, 0.1) is 0 Å². The molecular weight excluding hydrogens is 316 g/mol. The molecule has 1 fully saturated rings. The number of amides is 1. The summed E-state index contributed by atoms with van der Waals surface area (Å²) in [6.07, 6.45) is 6.96. The first-order chi connectivity index (χ1) is 11.9. The Hall–Kier alpha value is -3.15. The van der Waals surface area contributed by atoms with E-state index < -0.39 is 0 Å². The number of nitrogens with zero attached hydrogens (tertiary/aromatic N) is 1. The van der Waals surface area contributed by atoms with Gasteiger partial charge in [0.1, 0.15) is 11.6 Å². The highest BCUT2D eigenvalue weighted by atomic mass is 16.3. The number of carbonyl (C=O) groups is 1. The lowest BCUT2D eigenvalue weighted by Gasteiger charge is -2.13. The monoisotopic (exact) mass is 340 g/mol. The molecule has 1 atom stereocenters. The zero-order valence-electron chi connectivity index (χ0n) is 14.2. The minimum absolute atomic E-state index is 0.0629. The van der Waals surface area contributed by atoms with Crippen molar-refractivity contribution in [1.29, 1.82) is 0 Å². The molecule has 1 aliphatic rings. The van der Waals surface area contributed by atoms with E-state index in [-0.39, 0.29) is 17.6 Å². The molecule has 6 heteroatoms. The lowest BCUT2D eigenvalue weighted by atomic mass is 10.0. The maximum atomic E-state index is 11.7. The standard InChI is InChI=1S/C19H24N4O2/c1-4-6-15(12(3)24)16(20)9-14-10-17(22-19(14)21)13-7-8-23(11-13)18(25)5-2/h4-6,9-10,13,22,24H,1-3,7-8,11,20-21H2/b15-6+,16-9-. The van der Waals surface area contributed by atoms with Crippen LogP contribution in [0, 0.1) is 0 Å². The molecule has 1 aromatic heterocycles. The molecule has 1 aliphatic heterocycles. The van der Waals surface area contributed by atoms with Gasteiger partial charge in [-0.1, -0.05) is 25.8 Å². The molecule has 1 aromatic rings. The zero-order chi connectivity index (χ0) is 18.6. The van der Waals surface area contributed by atoms with Gasteiger partial charge >= 0.3 is 0 Å². The number of H-pyrrole nitrogens is 1. The Bertz CT molecular complexity index is 770. The van der Waals surface area contributed by atoms with Gasteiger partial charge in [0, 0.05) is 41.5 Å². The second-order valence-electron chi connectivity index (χ2n) is 5.93. The molecule has 0 aliphatic carbocycles. The number of aromatic amines is 1. The van der Waals surface area contributed by atoms with Gasteiger partial charge in [0.15, 0.2) is 0 Å². The van der Waals surface area contributed by atoms with Crippen molar-refractivity contribution in [3.63, 3.8) is 0 Å². The summed E-state index contributed by atoms with van der Waals surface area (Å²) in [5.41, 5.74) is 14.5. The Kier molecular flexibility index (Phi) is 5.54.